The number of nitrogens with zero attached hydrogens (tertiary/aromatic N) is 2. The summed E-state index contributed by atoms with van der Waals surface area (Å²) in [6.07, 6.45) is 1.59. The molecule has 0 spiro atoms. The number of carbonyl (C=O) groups is 1. The van der Waals surface area contributed by atoms with Gasteiger partial charge in [-0.3, -0.25) is 15.2 Å². The van der Waals surface area contributed by atoms with Crippen LogP contribution < -0.4 is 10.1 Å². The monoisotopic (exact) mass is 192 g/mol. The standard InChI is InChI=1S/C9H8N2O3/c12-6-7-5-10(13)8-3-1-2-4-9(8)11(7)14/h1-6,13-14H. The van der Waals surface area contributed by atoms with Crippen LogP contribution in [0.25, 0.3) is 0 Å². The van der Waals surface area contributed by atoms with Gasteiger partial charge in [0.1, 0.15) is 5.70 Å². The molecule has 5 nitrogen and oxygen atoms in total. The molecule has 5 heteroatoms. The van der Waals surface area contributed by atoms with E-state index >= 15 is 0 Å². The molecule has 0 saturated carbocycles. The second kappa shape index (κ2) is 3.13. The smallest absolute Gasteiger partial charge is 0.170 e. The third-order valence-corrected chi connectivity index (χ3v) is 1.98. The summed E-state index contributed by atoms with van der Waals surface area (Å²) < 4.78 is 0. The third-order valence-electron chi connectivity index (χ3n) is 1.98. The van der Waals surface area contributed by atoms with E-state index in [1.54, 1.807) is 24.3 Å². The predicted octanol–water partition coefficient (Wildman–Crippen LogP) is 1.13. The minimum Gasteiger partial charge on any atom is -0.296 e. The lowest BCUT2D eigenvalue weighted by Crippen LogP contribution is -2.28. The van der Waals surface area contributed by atoms with Gasteiger partial charge in [0, 0.05) is 0 Å². The number of fused-ring (bicyclic) bond motifs is 1. The van der Waals surface area contributed by atoms with Crippen LogP contribution in [0.4, 0.5) is 11.4 Å². The summed E-state index contributed by atoms with van der Waals surface area (Å²) in [5, 5.41) is 20.5. The molecule has 14 heavy (non-hydrogen) atoms. The van der Waals surface area contributed by atoms with Crippen LogP contribution in [-0.4, -0.2) is 16.7 Å². The van der Waals surface area contributed by atoms with Crippen molar-refractivity contribution in [3.05, 3.63) is 36.2 Å². The maximum Gasteiger partial charge on any atom is 0.170 e. The van der Waals surface area contributed by atoms with Crippen LogP contribution in [0, 0.1) is 0 Å². The molecule has 1 aliphatic rings. The zero-order valence-corrected chi connectivity index (χ0v) is 7.16. The summed E-state index contributed by atoms with van der Waals surface area (Å²) in [7, 11) is 0. The molecule has 1 heterocycles. The van der Waals surface area contributed by atoms with Gasteiger partial charge >= 0.3 is 0 Å². The van der Waals surface area contributed by atoms with E-state index in [-0.39, 0.29) is 5.70 Å². The van der Waals surface area contributed by atoms with Crippen LogP contribution in [0.15, 0.2) is 36.2 Å². The second-order valence-corrected chi connectivity index (χ2v) is 2.82. The summed E-state index contributed by atoms with van der Waals surface area (Å²) >= 11 is 0. The van der Waals surface area contributed by atoms with Gasteiger partial charge in [0.2, 0.25) is 0 Å². The lowest BCUT2D eigenvalue weighted by Gasteiger charge is -2.28. The van der Waals surface area contributed by atoms with E-state index in [1.165, 1.54) is 0 Å². The molecule has 2 rings (SSSR count). The molecule has 0 fully saturated rings. The van der Waals surface area contributed by atoms with Gasteiger partial charge in [0.25, 0.3) is 0 Å². The summed E-state index contributed by atoms with van der Waals surface area (Å²) in [5.74, 6) is 0. The minimum absolute atomic E-state index is 0.0220. The first-order chi connectivity index (χ1) is 6.74. The number of rotatable bonds is 1. The number of carbonyl (C=O) groups excluding carboxylic acids is 1. The fourth-order valence-electron chi connectivity index (χ4n) is 1.31. The molecule has 0 radical (unpaired) electrons. The lowest BCUT2D eigenvalue weighted by atomic mass is 10.2. The molecule has 2 N–H and O–H groups in total. The van der Waals surface area contributed by atoms with Gasteiger partial charge in [-0.15, -0.1) is 0 Å². The average Bonchev–Trinajstić information content (AvgIpc) is 2.23. The first-order valence-electron chi connectivity index (χ1n) is 3.97. The highest BCUT2D eigenvalue weighted by Crippen LogP contribution is 2.33. The molecule has 1 aromatic rings. The maximum atomic E-state index is 10.5. The Kier molecular flexibility index (Phi) is 1.95. The number of hydrogen-bond acceptors (Lipinski definition) is 5. The van der Waals surface area contributed by atoms with E-state index in [1.807, 2.05) is 0 Å². The zero-order valence-electron chi connectivity index (χ0n) is 7.16. The minimum atomic E-state index is -0.0220. The first-order valence-corrected chi connectivity index (χ1v) is 3.97. The fourth-order valence-corrected chi connectivity index (χ4v) is 1.31. The molecule has 72 valence electrons. The number of benzene rings is 1. The van der Waals surface area contributed by atoms with E-state index in [9.17, 15) is 15.2 Å². The van der Waals surface area contributed by atoms with E-state index < -0.39 is 0 Å². The van der Waals surface area contributed by atoms with E-state index in [2.05, 4.69) is 0 Å². The first kappa shape index (κ1) is 8.74. The Bertz CT molecular complexity index is 403. The predicted molar refractivity (Wildman–Crippen MR) is 49.1 cm³/mol. The summed E-state index contributed by atoms with van der Waals surface area (Å²) in [4.78, 5) is 10.5. The van der Waals surface area contributed by atoms with Gasteiger partial charge in [-0.05, 0) is 12.1 Å². The highest BCUT2D eigenvalue weighted by atomic mass is 16.5. The molecule has 0 aliphatic carbocycles. The molecular formula is C9H8N2O3. The van der Waals surface area contributed by atoms with Gasteiger partial charge in [0.15, 0.2) is 6.29 Å². The highest BCUT2D eigenvalue weighted by Gasteiger charge is 2.21. The number of hydroxylamine groups is 2. The maximum absolute atomic E-state index is 10.5. The van der Waals surface area contributed by atoms with Crippen LogP contribution in [0.5, 0.6) is 0 Å². The van der Waals surface area contributed by atoms with Crippen LogP contribution in [0.3, 0.4) is 0 Å². The number of anilines is 2. The molecule has 0 atom stereocenters. The fraction of sp³-hybridized carbons (Fsp3) is 0. The lowest BCUT2D eigenvalue weighted by molar-refractivity contribution is -0.105. The Balaban J connectivity index is 2.54. The molecule has 1 aliphatic heterocycles. The molecule has 0 bridgehead atoms. The highest BCUT2D eigenvalue weighted by molar-refractivity contribution is 5.86. The van der Waals surface area contributed by atoms with E-state index in [0.717, 1.165) is 16.3 Å². The van der Waals surface area contributed by atoms with Crippen molar-refractivity contribution in [3.8, 4) is 0 Å². The molecule has 0 amide bonds. The van der Waals surface area contributed by atoms with E-state index in [4.69, 9.17) is 0 Å². The number of hydrogen-bond donors (Lipinski definition) is 2. The second-order valence-electron chi connectivity index (χ2n) is 2.82. The zero-order chi connectivity index (χ0) is 10.1. The Morgan fingerprint density at radius 2 is 1.79 bits per heavy atom. The quantitative estimate of drug-likeness (QED) is 0.653. The Hall–Kier alpha value is -1.85. The largest absolute Gasteiger partial charge is 0.296 e. The van der Waals surface area contributed by atoms with Crippen LogP contribution in [0.2, 0.25) is 0 Å². The van der Waals surface area contributed by atoms with Crippen molar-refractivity contribution in [2.45, 2.75) is 0 Å². The van der Waals surface area contributed by atoms with Gasteiger partial charge < -0.3 is 0 Å². The number of para-hydroxylation sites is 2. The van der Waals surface area contributed by atoms with Crippen molar-refractivity contribution >= 4 is 17.7 Å². The van der Waals surface area contributed by atoms with Gasteiger partial charge in [-0.25, -0.2) is 10.1 Å². The van der Waals surface area contributed by atoms with Crippen molar-refractivity contribution in [2.24, 2.45) is 0 Å². The van der Waals surface area contributed by atoms with Crippen molar-refractivity contribution in [1.29, 1.82) is 0 Å². The molecule has 0 saturated heterocycles. The summed E-state index contributed by atoms with van der Waals surface area (Å²) in [6.45, 7) is 0. The molecule has 1 aromatic carbocycles. The van der Waals surface area contributed by atoms with Crippen LogP contribution >= 0.6 is 0 Å². The summed E-state index contributed by atoms with van der Waals surface area (Å²) in [6, 6.07) is 6.63. The third kappa shape index (κ3) is 1.15. The van der Waals surface area contributed by atoms with Crippen molar-refractivity contribution in [2.75, 3.05) is 10.1 Å². The van der Waals surface area contributed by atoms with Crippen LogP contribution in [-0.2, 0) is 4.79 Å². The van der Waals surface area contributed by atoms with Crippen molar-refractivity contribution in [3.63, 3.8) is 0 Å². The number of aldehydes is 1. The SMILES string of the molecule is O=CC1=CN(O)c2ccccc2N1O. The molecule has 0 aromatic heterocycles. The van der Waals surface area contributed by atoms with Gasteiger partial charge in [-0.1, -0.05) is 12.1 Å². The topological polar surface area (TPSA) is 64.0 Å². The summed E-state index contributed by atoms with van der Waals surface area (Å²) in [5.41, 5.74) is 0.756. The van der Waals surface area contributed by atoms with Crippen molar-refractivity contribution in [1.82, 2.24) is 0 Å². The Morgan fingerprint density at radius 3 is 2.43 bits per heavy atom. The molecule has 0 unspecified atom stereocenters. The van der Waals surface area contributed by atoms with Crippen LogP contribution in [0.1, 0.15) is 0 Å². The average molecular weight is 192 g/mol. The normalized spacial score (nSPS) is 14.9. The molecular weight excluding hydrogens is 184 g/mol. The van der Waals surface area contributed by atoms with Crippen molar-refractivity contribution < 1.29 is 15.2 Å². The Labute approximate surface area is 80.0 Å². The number of allylic oxidation sites excluding steroid dienone is 1. The van der Waals surface area contributed by atoms with E-state index in [0.29, 0.717) is 17.7 Å². The van der Waals surface area contributed by atoms with Gasteiger partial charge in [-0.2, -0.15) is 0 Å². The Morgan fingerprint density at radius 1 is 1.14 bits per heavy atom. The van der Waals surface area contributed by atoms with Gasteiger partial charge in [0.05, 0.1) is 17.6 Å².